The molecule has 1 saturated heterocycles. The van der Waals surface area contributed by atoms with Crippen LogP contribution in [0.3, 0.4) is 0 Å². The molecule has 3 nitrogen and oxygen atoms in total. The number of nitrogens with one attached hydrogen (secondary N) is 1. The first-order valence-electron chi connectivity index (χ1n) is 9.69. The van der Waals surface area contributed by atoms with E-state index in [2.05, 4.69) is 62.2 Å². The van der Waals surface area contributed by atoms with E-state index in [1.165, 1.54) is 47.2 Å². The summed E-state index contributed by atoms with van der Waals surface area (Å²) >= 11 is 0. The highest BCUT2D eigenvalue weighted by Crippen LogP contribution is 2.23. The van der Waals surface area contributed by atoms with Gasteiger partial charge in [-0.1, -0.05) is 12.1 Å². The molecule has 0 spiro atoms. The van der Waals surface area contributed by atoms with E-state index < -0.39 is 0 Å². The van der Waals surface area contributed by atoms with Gasteiger partial charge in [0, 0.05) is 24.3 Å². The first kappa shape index (κ1) is 18.5. The number of hydrogen-bond donors (Lipinski definition) is 1. The number of hydrogen-bond acceptors (Lipinski definition) is 2. The molecule has 0 aliphatic carbocycles. The molecule has 0 aromatic heterocycles. The van der Waals surface area contributed by atoms with Crippen LogP contribution in [0.1, 0.15) is 64.8 Å². The second-order valence-corrected chi connectivity index (χ2v) is 7.58. The SMILES string of the molecule is Cc1cc(C)c([C@@H](C)NC(=O)c2ccc(N3CCCCC3)cc2)cc1C. The summed E-state index contributed by atoms with van der Waals surface area (Å²) in [6.07, 6.45) is 3.84. The van der Waals surface area contributed by atoms with Gasteiger partial charge in [-0.25, -0.2) is 0 Å². The summed E-state index contributed by atoms with van der Waals surface area (Å²) in [5.74, 6) is -0.0136. The summed E-state index contributed by atoms with van der Waals surface area (Å²) in [5.41, 5.74) is 6.90. The summed E-state index contributed by atoms with van der Waals surface area (Å²) in [7, 11) is 0. The Hall–Kier alpha value is -2.29. The van der Waals surface area contributed by atoms with Crippen molar-refractivity contribution in [2.24, 2.45) is 0 Å². The molecule has 1 fully saturated rings. The molecule has 0 unspecified atom stereocenters. The lowest BCUT2D eigenvalue weighted by Gasteiger charge is -2.28. The van der Waals surface area contributed by atoms with E-state index in [0.717, 1.165) is 18.7 Å². The Labute approximate surface area is 157 Å². The van der Waals surface area contributed by atoms with Crippen LogP contribution in [0.15, 0.2) is 36.4 Å². The molecule has 1 aliphatic heterocycles. The molecular weight excluding hydrogens is 320 g/mol. The predicted octanol–water partition coefficient (Wildman–Crippen LogP) is 5.09. The highest BCUT2D eigenvalue weighted by Gasteiger charge is 2.15. The lowest BCUT2D eigenvalue weighted by atomic mass is 9.96. The van der Waals surface area contributed by atoms with E-state index in [-0.39, 0.29) is 11.9 Å². The van der Waals surface area contributed by atoms with Crippen LogP contribution in [0.25, 0.3) is 0 Å². The standard InChI is InChI=1S/C23H30N2O/c1-16-14-18(3)22(15-17(16)2)19(4)24-23(26)20-8-10-21(11-9-20)25-12-6-5-7-13-25/h8-11,14-15,19H,5-7,12-13H2,1-4H3,(H,24,26)/t19-/m1/s1. The van der Waals surface area contributed by atoms with Gasteiger partial charge in [0.2, 0.25) is 0 Å². The number of aryl methyl sites for hydroxylation is 3. The maximum atomic E-state index is 12.7. The maximum absolute atomic E-state index is 12.7. The van der Waals surface area contributed by atoms with Crippen molar-refractivity contribution >= 4 is 11.6 Å². The fourth-order valence-corrected chi connectivity index (χ4v) is 3.78. The van der Waals surface area contributed by atoms with Crippen molar-refractivity contribution in [1.82, 2.24) is 5.32 Å². The number of anilines is 1. The largest absolute Gasteiger partial charge is 0.372 e. The van der Waals surface area contributed by atoms with Crippen LogP contribution in [0.4, 0.5) is 5.69 Å². The quantitative estimate of drug-likeness (QED) is 0.832. The van der Waals surface area contributed by atoms with Crippen LogP contribution in [0, 0.1) is 20.8 Å². The predicted molar refractivity (Wildman–Crippen MR) is 109 cm³/mol. The molecule has 0 bridgehead atoms. The van der Waals surface area contributed by atoms with E-state index in [4.69, 9.17) is 0 Å². The molecule has 1 atom stereocenters. The molecule has 2 aromatic carbocycles. The Bertz CT molecular complexity index is 774. The Morgan fingerprint density at radius 3 is 2.19 bits per heavy atom. The molecule has 0 radical (unpaired) electrons. The van der Waals surface area contributed by atoms with Crippen molar-refractivity contribution in [2.75, 3.05) is 18.0 Å². The third-order valence-corrected chi connectivity index (χ3v) is 5.55. The van der Waals surface area contributed by atoms with Crippen LogP contribution in [-0.2, 0) is 0 Å². The topological polar surface area (TPSA) is 32.3 Å². The minimum absolute atomic E-state index is 0.0106. The number of nitrogens with zero attached hydrogens (tertiary/aromatic N) is 1. The Kier molecular flexibility index (Phi) is 5.65. The molecule has 1 aliphatic rings. The van der Waals surface area contributed by atoms with E-state index in [9.17, 15) is 4.79 Å². The monoisotopic (exact) mass is 350 g/mol. The highest BCUT2D eigenvalue weighted by molar-refractivity contribution is 5.94. The average molecular weight is 351 g/mol. The van der Waals surface area contributed by atoms with Crippen molar-refractivity contribution in [3.63, 3.8) is 0 Å². The molecule has 1 heterocycles. The van der Waals surface area contributed by atoms with Gasteiger partial charge in [0.1, 0.15) is 0 Å². The number of benzene rings is 2. The van der Waals surface area contributed by atoms with Crippen molar-refractivity contribution < 1.29 is 4.79 Å². The Morgan fingerprint density at radius 1 is 0.923 bits per heavy atom. The van der Waals surface area contributed by atoms with Crippen molar-refractivity contribution in [3.05, 3.63) is 64.2 Å². The van der Waals surface area contributed by atoms with Gasteiger partial charge in [-0.05, 0) is 93.5 Å². The molecule has 1 amide bonds. The molecule has 26 heavy (non-hydrogen) atoms. The summed E-state index contributed by atoms with van der Waals surface area (Å²) < 4.78 is 0. The van der Waals surface area contributed by atoms with Crippen LogP contribution in [0.5, 0.6) is 0 Å². The van der Waals surface area contributed by atoms with Crippen molar-refractivity contribution in [1.29, 1.82) is 0 Å². The van der Waals surface area contributed by atoms with E-state index >= 15 is 0 Å². The summed E-state index contributed by atoms with van der Waals surface area (Å²) in [6.45, 7) is 10.6. The molecule has 0 saturated carbocycles. The van der Waals surface area contributed by atoms with Gasteiger partial charge < -0.3 is 10.2 Å². The molecule has 1 N–H and O–H groups in total. The fraction of sp³-hybridized carbons (Fsp3) is 0.435. The lowest BCUT2D eigenvalue weighted by Crippen LogP contribution is -2.29. The van der Waals surface area contributed by atoms with Crippen LogP contribution < -0.4 is 10.2 Å². The number of amides is 1. The van der Waals surface area contributed by atoms with Gasteiger partial charge >= 0.3 is 0 Å². The zero-order valence-electron chi connectivity index (χ0n) is 16.4. The van der Waals surface area contributed by atoms with E-state index in [1.807, 2.05) is 12.1 Å². The average Bonchev–Trinajstić information content (AvgIpc) is 2.65. The summed E-state index contributed by atoms with van der Waals surface area (Å²) in [5, 5.41) is 3.15. The van der Waals surface area contributed by atoms with E-state index in [1.54, 1.807) is 0 Å². The molecule has 138 valence electrons. The first-order chi connectivity index (χ1) is 12.5. The molecular formula is C23H30N2O. The third kappa shape index (κ3) is 4.09. The number of piperidine rings is 1. The number of rotatable bonds is 4. The summed E-state index contributed by atoms with van der Waals surface area (Å²) in [4.78, 5) is 15.1. The number of carbonyl (C=O) groups excluding carboxylic acids is 1. The number of carbonyl (C=O) groups is 1. The molecule has 3 heteroatoms. The Morgan fingerprint density at radius 2 is 1.54 bits per heavy atom. The van der Waals surface area contributed by atoms with Crippen molar-refractivity contribution in [3.8, 4) is 0 Å². The lowest BCUT2D eigenvalue weighted by molar-refractivity contribution is 0.0940. The molecule has 2 aromatic rings. The van der Waals surface area contributed by atoms with Crippen molar-refractivity contribution in [2.45, 2.75) is 53.0 Å². The normalized spacial score (nSPS) is 15.6. The highest BCUT2D eigenvalue weighted by atomic mass is 16.1. The zero-order chi connectivity index (χ0) is 18.7. The fourth-order valence-electron chi connectivity index (χ4n) is 3.78. The van der Waals surface area contributed by atoms with Gasteiger partial charge in [0.05, 0.1) is 6.04 Å². The van der Waals surface area contributed by atoms with Gasteiger partial charge in [0.25, 0.3) is 5.91 Å². The third-order valence-electron chi connectivity index (χ3n) is 5.55. The van der Waals surface area contributed by atoms with Crippen LogP contribution >= 0.6 is 0 Å². The molecule has 3 rings (SSSR count). The smallest absolute Gasteiger partial charge is 0.251 e. The Balaban J connectivity index is 1.68. The zero-order valence-corrected chi connectivity index (χ0v) is 16.4. The van der Waals surface area contributed by atoms with Gasteiger partial charge in [-0.3, -0.25) is 4.79 Å². The van der Waals surface area contributed by atoms with E-state index in [0.29, 0.717) is 0 Å². The van der Waals surface area contributed by atoms with Gasteiger partial charge in [-0.15, -0.1) is 0 Å². The van der Waals surface area contributed by atoms with Gasteiger partial charge in [-0.2, -0.15) is 0 Å². The minimum atomic E-state index is -0.0136. The van der Waals surface area contributed by atoms with Crippen LogP contribution in [0.2, 0.25) is 0 Å². The minimum Gasteiger partial charge on any atom is -0.372 e. The second kappa shape index (κ2) is 7.94. The van der Waals surface area contributed by atoms with Gasteiger partial charge in [0.15, 0.2) is 0 Å². The summed E-state index contributed by atoms with van der Waals surface area (Å²) in [6, 6.07) is 12.4. The second-order valence-electron chi connectivity index (χ2n) is 7.58. The first-order valence-corrected chi connectivity index (χ1v) is 9.69. The van der Waals surface area contributed by atoms with Crippen LogP contribution in [-0.4, -0.2) is 19.0 Å². The maximum Gasteiger partial charge on any atom is 0.251 e.